The van der Waals surface area contributed by atoms with E-state index in [1.807, 2.05) is 14.1 Å². The molecule has 3 unspecified atom stereocenters. The van der Waals surface area contributed by atoms with Gasteiger partial charge in [-0.1, -0.05) is 19.1 Å². The van der Waals surface area contributed by atoms with Crippen LogP contribution in [-0.4, -0.2) is 31.4 Å². The van der Waals surface area contributed by atoms with Gasteiger partial charge in [-0.2, -0.15) is 0 Å². The van der Waals surface area contributed by atoms with Crippen molar-refractivity contribution in [3.63, 3.8) is 0 Å². The molecule has 0 spiro atoms. The van der Waals surface area contributed by atoms with Crippen LogP contribution in [0.1, 0.15) is 31.4 Å². The van der Waals surface area contributed by atoms with Crippen LogP contribution in [0.3, 0.4) is 0 Å². The van der Waals surface area contributed by atoms with Gasteiger partial charge >= 0.3 is 0 Å². The number of carbonyl (C=O) groups excluding carboxylic acids is 1. The highest BCUT2D eigenvalue weighted by molar-refractivity contribution is 5.81. The van der Waals surface area contributed by atoms with E-state index in [2.05, 4.69) is 17.1 Å². The second kappa shape index (κ2) is 6.35. The molecule has 110 valence electrons. The van der Waals surface area contributed by atoms with E-state index >= 15 is 0 Å². The molecule has 1 aliphatic rings. The molecule has 1 aromatic carbocycles. The Balaban J connectivity index is 2.03. The van der Waals surface area contributed by atoms with Crippen LogP contribution in [0.25, 0.3) is 0 Å². The minimum atomic E-state index is -0.248. The summed E-state index contributed by atoms with van der Waals surface area (Å²) >= 11 is 0. The Morgan fingerprint density at radius 1 is 1.40 bits per heavy atom. The maximum atomic E-state index is 13.0. The molecule has 0 aliphatic heterocycles. The first-order valence-electron chi connectivity index (χ1n) is 7.18. The van der Waals surface area contributed by atoms with E-state index in [4.69, 9.17) is 0 Å². The van der Waals surface area contributed by atoms with Crippen molar-refractivity contribution in [1.29, 1.82) is 0 Å². The van der Waals surface area contributed by atoms with Gasteiger partial charge in [0.25, 0.3) is 0 Å². The summed E-state index contributed by atoms with van der Waals surface area (Å²) in [5, 5.41) is 3.11. The zero-order valence-corrected chi connectivity index (χ0v) is 12.4. The Morgan fingerprint density at radius 2 is 2.00 bits per heavy atom. The summed E-state index contributed by atoms with van der Waals surface area (Å²) < 4.78 is 13.0. The lowest BCUT2D eigenvalue weighted by Crippen LogP contribution is -2.32. The summed E-state index contributed by atoms with van der Waals surface area (Å²) in [7, 11) is 4.01. The SMILES string of the molecule is CC1CC1C(=O)NC(CCN(C)C)c1ccc(F)cc1. The highest BCUT2D eigenvalue weighted by Gasteiger charge is 2.39. The fourth-order valence-corrected chi connectivity index (χ4v) is 2.37. The van der Waals surface area contributed by atoms with Crippen molar-refractivity contribution in [2.75, 3.05) is 20.6 Å². The van der Waals surface area contributed by atoms with E-state index in [1.54, 1.807) is 12.1 Å². The molecule has 2 rings (SSSR count). The number of rotatable bonds is 6. The zero-order valence-electron chi connectivity index (χ0n) is 12.4. The minimum absolute atomic E-state index is 0.0432. The molecule has 1 aromatic rings. The molecule has 4 heteroatoms. The second-order valence-corrected chi connectivity index (χ2v) is 6.02. The molecule has 0 saturated heterocycles. The molecular formula is C16H23FN2O. The van der Waals surface area contributed by atoms with Crippen molar-refractivity contribution < 1.29 is 9.18 Å². The molecule has 0 radical (unpaired) electrons. The lowest BCUT2D eigenvalue weighted by molar-refractivity contribution is -0.123. The number of hydrogen-bond donors (Lipinski definition) is 1. The van der Waals surface area contributed by atoms with Crippen LogP contribution in [0.2, 0.25) is 0 Å². The predicted molar refractivity (Wildman–Crippen MR) is 77.7 cm³/mol. The normalized spacial score (nSPS) is 22.6. The van der Waals surface area contributed by atoms with E-state index in [-0.39, 0.29) is 23.7 Å². The van der Waals surface area contributed by atoms with Gasteiger partial charge in [0, 0.05) is 5.92 Å². The summed E-state index contributed by atoms with van der Waals surface area (Å²) in [6.45, 7) is 2.97. The zero-order chi connectivity index (χ0) is 14.7. The molecule has 1 aliphatic carbocycles. The number of carbonyl (C=O) groups is 1. The van der Waals surface area contributed by atoms with E-state index in [9.17, 15) is 9.18 Å². The molecular weight excluding hydrogens is 255 g/mol. The van der Waals surface area contributed by atoms with Gasteiger partial charge in [0.05, 0.1) is 6.04 Å². The lowest BCUT2D eigenvalue weighted by atomic mass is 10.0. The molecule has 0 bridgehead atoms. The predicted octanol–water partition coefficient (Wildman–Crippen LogP) is 2.59. The van der Waals surface area contributed by atoms with Gasteiger partial charge in [-0.05, 0) is 57.1 Å². The monoisotopic (exact) mass is 278 g/mol. The Kier molecular flexibility index (Phi) is 4.76. The minimum Gasteiger partial charge on any atom is -0.349 e. The molecule has 1 saturated carbocycles. The first-order chi connectivity index (χ1) is 9.47. The average Bonchev–Trinajstić information content (AvgIpc) is 3.12. The summed E-state index contributed by atoms with van der Waals surface area (Å²) in [6, 6.07) is 6.37. The summed E-state index contributed by atoms with van der Waals surface area (Å²) in [6.07, 6.45) is 1.81. The number of amides is 1. The lowest BCUT2D eigenvalue weighted by Gasteiger charge is -2.21. The van der Waals surface area contributed by atoms with Crippen molar-refractivity contribution >= 4 is 5.91 Å². The fraction of sp³-hybridized carbons (Fsp3) is 0.562. The Labute approximate surface area is 120 Å². The summed E-state index contributed by atoms with van der Waals surface area (Å²) in [5.74, 6) is 0.544. The molecule has 3 atom stereocenters. The number of nitrogens with one attached hydrogen (secondary N) is 1. The van der Waals surface area contributed by atoms with Crippen LogP contribution in [0.4, 0.5) is 4.39 Å². The molecule has 1 fully saturated rings. The van der Waals surface area contributed by atoms with E-state index in [0.29, 0.717) is 5.92 Å². The topological polar surface area (TPSA) is 32.3 Å². The van der Waals surface area contributed by atoms with Crippen LogP contribution >= 0.6 is 0 Å². The van der Waals surface area contributed by atoms with E-state index in [0.717, 1.165) is 24.9 Å². The van der Waals surface area contributed by atoms with Crippen LogP contribution in [0, 0.1) is 17.7 Å². The smallest absolute Gasteiger partial charge is 0.223 e. The van der Waals surface area contributed by atoms with E-state index in [1.165, 1.54) is 12.1 Å². The van der Waals surface area contributed by atoms with E-state index < -0.39 is 0 Å². The Bertz CT molecular complexity index is 458. The van der Waals surface area contributed by atoms with Crippen LogP contribution in [-0.2, 0) is 4.79 Å². The third-order valence-corrected chi connectivity index (χ3v) is 3.90. The number of benzene rings is 1. The van der Waals surface area contributed by atoms with Crippen molar-refractivity contribution in [2.24, 2.45) is 11.8 Å². The van der Waals surface area contributed by atoms with Crippen LogP contribution in [0.5, 0.6) is 0 Å². The van der Waals surface area contributed by atoms with Gasteiger partial charge in [-0.25, -0.2) is 4.39 Å². The fourth-order valence-electron chi connectivity index (χ4n) is 2.37. The third kappa shape index (κ3) is 4.04. The van der Waals surface area contributed by atoms with Crippen LogP contribution < -0.4 is 5.32 Å². The summed E-state index contributed by atoms with van der Waals surface area (Å²) in [4.78, 5) is 14.2. The Hall–Kier alpha value is -1.42. The van der Waals surface area contributed by atoms with Gasteiger partial charge in [0.1, 0.15) is 5.82 Å². The number of nitrogens with zero attached hydrogens (tertiary/aromatic N) is 1. The molecule has 3 nitrogen and oxygen atoms in total. The molecule has 20 heavy (non-hydrogen) atoms. The maximum absolute atomic E-state index is 13.0. The molecule has 0 heterocycles. The third-order valence-electron chi connectivity index (χ3n) is 3.90. The standard InChI is InChI=1S/C16H23FN2O/c1-11-10-14(11)16(20)18-15(8-9-19(2)3)12-4-6-13(17)7-5-12/h4-7,11,14-15H,8-10H2,1-3H3,(H,18,20). The van der Waals surface area contributed by atoms with Crippen molar-refractivity contribution in [2.45, 2.75) is 25.8 Å². The maximum Gasteiger partial charge on any atom is 0.223 e. The molecule has 0 aromatic heterocycles. The highest BCUT2D eigenvalue weighted by atomic mass is 19.1. The second-order valence-electron chi connectivity index (χ2n) is 6.02. The van der Waals surface area contributed by atoms with Crippen molar-refractivity contribution in [3.8, 4) is 0 Å². The first-order valence-corrected chi connectivity index (χ1v) is 7.18. The Morgan fingerprint density at radius 3 is 2.50 bits per heavy atom. The van der Waals surface area contributed by atoms with Gasteiger partial charge in [-0.3, -0.25) is 4.79 Å². The average molecular weight is 278 g/mol. The molecule has 1 amide bonds. The number of halogens is 1. The van der Waals surface area contributed by atoms with Crippen molar-refractivity contribution in [3.05, 3.63) is 35.6 Å². The number of hydrogen-bond acceptors (Lipinski definition) is 2. The molecule has 1 N–H and O–H groups in total. The van der Waals surface area contributed by atoms with Gasteiger partial charge in [0.2, 0.25) is 5.91 Å². The van der Waals surface area contributed by atoms with Crippen LogP contribution in [0.15, 0.2) is 24.3 Å². The van der Waals surface area contributed by atoms with Crippen molar-refractivity contribution in [1.82, 2.24) is 10.2 Å². The van der Waals surface area contributed by atoms with Gasteiger partial charge in [0.15, 0.2) is 0 Å². The van der Waals surface area contributed by atoms with Gasteiger partial charge < -0.3 is 10.2 Å². The largest absolute Gasteiger partial charge is 0.349 e. The van der Waals surface area contributed by atoms with Gasteiger partial charge in [-0.15, -0.1) is 0 Å². The quantitative estimate of drug-likeness (QED) is 0.867. The first kappa shape index (κ1) is 15.0. The summed E-state index contributed by atoms with van der Waals surface area (Å²) in [5.41, 5.74) is 0.968. The highest BCUT2D eigenvalue weighted by Crippen LogP contribution is 2.38.